The molecule has 0 radical (unpaired) electrons. The molecule has 0 unspecified atom stereocenters. The van der Waals surface area contributed by atoms with Crippen LogP contribution in [0.25, 0.3) is 27.7 Å². The summed E-state index contributed by atoms with van der Waals surface area (Å²) < 4.78 is 1.70. The van der Waals surface area contributed by atoms with Crippen LogP contribution in [0.15, 0.2) is 35.1 Å². The van der Waals surface area contributed by atoms with Gasteiger partial charge in [-0.15, -0.1) is 0 Å². The van der Waals surface area contributed by atoms with Crippen LogP contribution in [0.3, 0.4) is 0 Å². The lowest BCUT2D eigenvalue weighted by Crippen LogP contribution is -2.11. The molecule has 0 spiro atoms. The van der Waals surface area contributed by atoms with E-state index >= 15 is 0 Å². The van der Waals surface area contributed by atoms with Crippen molar-refractivity contribution in [2.75, 3.05) is 0 Å². The van der Waals surface area contributed by atoms with Gasteiger partial charge in [-0.25, -0.2) is 4.98 Å². The minimum Gasteiger partial charge on any atom is -0.338 e. The van der Waals surface area contributed by atoms with E-state index in [1.54, 1.807) is 0 Å². The van der Waals surface area contributed by atoms with Crippen molar-refractivity contribution in [3.05, 3.63) is 45.5 Å². The summed E-state index contributed by atoms with van der Waals surface area (Å²) >= 11 is 5.10. The molecule has 0 bridgehead atoms. The number of para-hydroxylation sites is 1. The van der Waals surface area contributed by atoms with E-state index in [4.69, 9.17) is 12.2 Å². The van der Waals surface area contributed by atoms with Gasteiger partial charge < -0.3 is 4.98 Å². The van der Waals surface area contributed by atoms with Gasteiger partial charge in [-0.1, -0.05) is 18.2 Å². The fraction of sp³-hybridized carbons (Fsp3) is 0. The molecule has 6 nitrogen and oxygen atoms in total. The Balaban J connectivity index is 2.32. The van der Waals surface area contributed by atoms with Crippen LogP contribution >= 0.6 is 12.2 Å². The molecular formula is C12H7N5OS. The minimum atomic E-state index is -0.283. The predicted molar refractivity (Wildman–Crippen MR) is 73.8 cm³/mol. The molecule has 19 heavy (non-hydrogen) atoms. The van der Waals surface area contributed by atoms with Crippen LogP contribution in [0.2, 0.25) is 0 Å². The lowest BCUT2D eigenvalue weighted by atomic mass is 10.2. The van der Waals surface area contributed by atoms with Gasteiger partial charge in [-0.3, -0.25) is 9.78 Å². The standard InChI is InChI=1S/C12H7N5OS/c18-9-5-8-14-11-10(16-17(8)12(19)15-9)6-3-1-2-4-7(6)13-11/h1-5H,(H,13,14)(H,15,18,19). The fourth-order valence-corrected chi connectivity index (χ4v) is 2.40. The van der Waals surface area contributed by atoms with E-state index in [9.17, 15) is 4.79 Å². The molecule has 0 saturated heterocycles. The average molecular weight is 269 g/mol. The van der Waals surface area contributed by atoms with Gasteiger partial charge in [0.1, 0.15) is 5.52 Å². The quantitative estimate of drug-likeness (QED) is 0.477. The predicted octanol–water partition coefficient (Wildman–Crippen LogP) is 1.78. The number of aromatic nitrogens is 5. The number of H-pyrrole nitrogens is 2. The molecule has 0 fully saturated rings. The summed E-state index contributed by atoms with van der Waals surface area (Å²) in [7, 11) is 0. The monoisotopic (exact) mass is 269 g/mol. The maximum atomic E-state index is 11.4. The summed E-state index contributed by atoms with van der Waals surface area (Å²) in [6.07, 6.45) is 0. The first kappa shape index (κ1) is 10.4. The Bertz CT molecular complexity index is 1060. The second kappa shape index (κ2) is 3.48. The normalized spacial score (nSPS) is 11.6. The van der Waals surface area contributed by atoms with Crippen LogP contribution in [0, 0.1) is 4.77 Å². The van der Waals surface area contributed by atoms with Crippen LogP contribution in [0.5, 0.6) is 0 Å². The number of nitrogens with zero attached hydrogens (tertiary/aromatic N) is 3. The van der Waals surface area contributed by atoms with Crippen LogP contribution in [0.4, 0.5) is 0 Å². The first-order valence-electron chi connectivity index (χ1n) is 5.63. The topological polar surface area (TPSA) is 78.8 Å². The molecule has 0 aliphatic carbocycles. The van der Waals surface area contributed by atoms with E-state index in [0.717, 1.165) is 16.4 Å². The molecule has 4 rings (SSSR count). The maximum Gasteiger partial charge on any atom is 0.253 e. The van der Waals surface area contributed by atoms with Gasteiger partial charge in [0, 0.05) is 17.0 Å². The van der Waals surface area contributed by atoms with Crippen molar-refractivity contribution in [1.29, 1.82) is 0 Å². The molecule has 92 valence electrons. The summed E-state index contributed by atoms with van der Waals surface area (Å²) in [6, 6.07) is 9.16. The van der Waals surface area contributed by atoms with E-state index in [2.05, 4.69) is 20.1 Å². The molecule has 0 amide bonds. The van der Waals surface area contributed by atoms with Crippen molar-refractivity contribution in [3.8, 4) is 0 Å². The Hall–Kier alpha value is -2.54. The van der Waals surface area contributed by atoms with Gasteiger partial charge in [0.05, 0.1) is 0 Å². The first-order valence-corrected chi connectivity index (χ1v) is 6.04. The highest BCUT2D eigenvalue weighted by Gasteiger charge is 2.08. The number of benzene rings is 1. The molecule has 0 atom stereocenters. The van der Waals surface area contributed by atoms with Crippen molar-refractivity contribution < 1.29 is 0 Å². The van der Waals surface area contributed by atoms with E-state index in [1.807, 2.05) is 24.3 Å². The zero-order chi connectivity index (χ0) is 13.0. The number of aromatic amines is 2. The van der Waals surface area contributed by atoms with E-state index < -0.39 is 0 Å². The molecule has 0 aliphatic rings. The highest BCUT2D eigenvalue weighted by Crippen LogP contribution is 2.21. The van der Waals surface area contributed by atoms with E-state index in [-0.39, 0.29) is 10.3 Å². The number of hydrogen-bond acceptors (Lipinski definition) is 4. The van der Waals surface area contributed by atoms with Crippen LogP contribution in [-0.4, -0.2) is 24.6 Å². The summed E-state index contributed by atoms with van der Waals surface area (Å²) in [5.41, 5.74) is 2.46. The summed E-state index contributed by atoms with van der Waals surface area (Å²) in [4.78, 5) is 21.5. The third-order valence-corrected chi connectivity index (χ3v) is 3.26. The molecule has 3 heterocycles. The molecule has 4 aromatic rings. The third kappa shape index (κ3) is 1.42. The Morgan fingerprint density at radius 1 is 1.21 bits per heavy atom. The third-order valence-electron chi connectivity index (χ3n) is 2.99. The van der Waals surface area contributed by atoms with Crippen LogP contribution in [-0.2, 0) is 0 Å². The number of nitrogens with one attached hydrogen (secondary N) is 2. The van der Waals surface area contributed by atoms with Crippen LogP contribution in [0.1, 0.15) is 0 Å². The molecule has 3 aromatic heterocycles. The Labute approximate surface area is 110 Å². The summed E-state index contributed by atoms with van der Waals surface area (Å²) in [5.74, 6) is 0. The second-order valence-electron chi connectivity index (χ2n) is 4.19. The minimum absolute atomic E-state index is 0.238. The highest BCUT2D eigenvalue weighted by atomic mass is 32.1. The molecular weight excluding hydrogens is 262 g/mol. The largest absolute Gasteiger partial charge is 0.338 e. The van der Waals surface area contributed by atoms with Crippen molar-refractivity contribution in [2.24, 2.45) is 0 Å². The van der Waals surface area contributed by atoms with Gasteiger partial charge in [0.15, 0.2) is 11.3 Å². The summed E-state index contributed by atoms with van der Waals surface area (Å²) in [5, 5.41) is 5.43. The molecule has 0 saturated carbocycles. The number of fused-ring (bicyclic) bond motifs is 4. The van der Waals surface area contributed by atoms with Crippen LogP contribution < -0.4 is 5.56 Å². The van der Waals surface area contributed by atoms with E-state index in [0.29, 0.717) is 11.3 Å². The maximum absolute atomic E-state index is 11.4. The Kier molecular flexibility index (Phi) is 1.91. The summed E-state index contributed by atoms with van der Waals surface area (Å²) in [6.45, 7) is 0. The lowest BCUT2D eigenvalue weighted by molar-refractivity contribution is 0.868. The van der Waals surface area contributed by atoms with Gasteiger partial charge in [-0.2, -0.15) is 9.61 Å². The average Bonchev–Trinajstić information content (AvgIpc) is 2.74. The molecule has 0 aliphatic heterocycles. The first-order chi connectivity index (χ1) is 9.22. The Morgan fingerprint density at radius 2 is 2.05 bits per heavy atom. The molecule has 1 aromatic carbocycles. The second-order valence-corrected chi connectivity index (χ2v) is 4.58. The van der Waals surface area contributed by atoms with Gasteiger partial charge >= 0.3 is 0 Å². The fourth-order valence-electron chi connectivity index (χ4n) is 2.16. The van der Waals surface area contributed by atoms with Crippen molar-refractivity contribution in [2.45, 2.75) is 0 Å². The zero-order valence-electron chi connectivity index (χ0n) is 9.54. The number of hydrogen-bond donors (Lipinski definition) is 2. The SMILES string of the molecule is O=c1cc2nc3[nH]c4ccccc4c3nn2c(=S)[nH]1. The van der Waals surface area contributed by atoms with Crippen molar-refractivity contribution >= 4 is 39.9 Å². The lowest BCUT2D eigenvalue weighted by Gasteiger charge is -1.98. The van der Waals surface area contributed by atoms with Gasteiger partial charge in [0.2, 0.25) is 4.77 Å². The zero-order valence-corrected chi connectivity index (χ0v) is 10.4. The molecule has 7 heteroatoms. The Morgan fingerprint density at radius 3 is 2.95 bits per heavy atom. The van der Waals surface area contributed by atoms with Crippen molar-refractivity contribution in [3.63, 3.8) is 0 Å². The molecule has 2 N–H and O–H groups in total. The smallest absolute Gasteiger partial charge is 0.253 e. The van der Waals surface area contributed by atoms with E-state index in [1.165, 1.54) is 10.6 Å². The van der Waals surface area contributed by atoms with Gasteiger partial charge in [0.25, 0.3) is 5.56 Å². The number of rotatable bonds is 0. The van der Waals surface area contributed by atoms with Gasteiger partial charge in [-0.05, 0) is 18.3 Å². The highest BCUT2D eigenvalue weighted by molar-refractivity contribution is 7.71. The van der Waals surface area contributed by atoms with Crippen molar-refractivity contribution in [1.82, 2.24) is 24.6 Å².